The van der Waals surface area contributed by atoms with Crippen LogP contribution in [0.5, 0.6) is 0 Å². The number of anilines is 1. The summed E-state index contributed by atoms with van der Waals surface area (Å²) in [6.07, 6.45) is 0.463. The molecule has 2 N–H and O–H groups in total. The average Bonchev–Trinajstić information content (AvgIpc) is 2.85. The van der Waals surface area contributed by atoms with Gasteiger partial charge in [0, 0.05) is 18.5 Å². The highest BCUT2D eigenvalue weighted by Gasteiger charge is 2.07. The Bertz CT molecular complexity index is 653. The minimum Gasteiger partial charge on any atom is -0.481 e. The van der Waals surface area contributed by atoms with Crippen molar-refractivity contribution in [2.45, 2.75) is 26.2 Å². The number of rotatable bonds is 6. The second-order valence-electron chi connectivity index (χ2n) is 4.48. The SMILES string of the molecule is Cc1nnnn1-c1cccc(NC(=O)CCCC(=O)O)c1. The molecule has 1 amide bonds. The van der Waals surface area contributed by atoms with E-state index in [1.54, 1.807) is 29.8 Å². The van der Waals surface area contributed by atoms with Crippen LogP contribution in [-0.2, 0) is 9.59 Å². The smallest absolute Gasteiger partial charge is 0.303 e. The number of hydrogen-bond donors (Lipinski definition) is 2. The number of benzene rings is 1. The predicted octanol–water partition coefficient (Wildman–Crippen LogP) is 1.16. The molecule has 1 aromatic heterocycles. The number of tetrazole rings is 1. The minimum atomic E-state index is -0.904. The van der Waals surface area contributed by atoms with Gasteiger partial charge in [-0.1, -0.05) is 6.07 Å². The van der Waals surface area contributed by atoms with Crippen LogP contribution in [0, 0.1) is 6.92 Å². The number of carboxylic acids is 1. The van der Waals surface area contributed by atoms with E-state index in [1.165, 1.54) is 0 Å². The Hall–Kier alpha value is -2.77. The molecule has 0 aliphatic heterocycles. The zero-order valence-electron chi connectivity index (χ0n) is 11.5. The van der Waals surface area contributed by atoms with Gasteiger partial charge in [-0.2, -0.15) is 4.68 Å². The van der Waals surface area contributed by atoms with Gasteiger partial charge in [-0.15, -0.1) is 5.10 Å². The fourth-order valence-corrected chi connectivity index (χ4v) is 1.81. The fourth-order valence-electron chi connectivity index (χ4n) is 1.81. The monoisotopic (exact) mass is 289 g/mol. The Morgan fingerprint density at radius 2 is 2.14 bits per heavy atom. The molecule has 0 spiro atoms. The van der Waals surface area contributed by atoms with Crippen LogP contribution in [-0.4, -0.2) is 37.2 Å². The van der Waals surface area contributed by atoms with Crippen molar-refractivity contribution in [2.24, 2.45) is 0 Å². The van der Waals surface area contributed by atoms with E-state index < -0.39 is 5.97 Å². The average molecular weight is 289 g/mol. The van der Waals surface area contributed by atoms with Crippen molar-refractivity contribution in [3.05, 3.63) is 30.1 Å². The lowest BCUT2D eigenvalue weighted by molar-refractivity contribution is -0.137. The Kier molecular flexibility index (Phi) is 4.60. The number of amides is 1. The van der Waals surface area contributed by atoms with Gasteiger partial charge in [0.15, 0.2) is 5.82 Å². The molecule has 0 aliphatic rings. The summed E-state index contributed by atoms with van der Waals surface area (Å²) in [5, 5.41) is 22.5. The van der Waals surface area contributed by atoms with Crippen LogP contribution in [0.25, 0.3) is 5.69 Å². The number of carboxylic acid groups (broad SMARTS) is 1. The molecule has 1 heterocycles. The van der Waals surface area contributed by atoms with Gasteiger partial charge in [0.2, 0.25) is 5.91 Å². The first-order valence-electron chi connectivity index (χ1n) is 6.43. The third-order valence-electron chi connectivity index (χ3n) is 2.79. The first kappa shape index (κ1) is 14.6. The molecule has 21 heavy (non-hydrogen) atoms. The third kappa shape index (κ3) is 4.10. The molecule has 0 bridgehead atoms. The van der Waals surface area contributed by atoms with E-state index in [2.05, 4.69) is 20.8 Å². The van der Waals surface area contributed by atoms with Crippen LogP contribution < -0.4 is 5.32 Å². The summed E-state index contributed by atoms with van der Waals surface area (Å²) >= 11 is 0. The lowest BCUT2D eigenvalue weighted by Crippen LogP contribution is -2.12. The molecule has 0 aliphatic carbocycles. The van der Waals surface area contributed by atoms with Crippen LogP contribution in [0.3, 0.4) is 0 Å². The number of nitrogens with zero attached hydrogens (tertiary/aromatic N) is 4. The van der Waals surface area contributed by atoms with E-state index in [-0.39, 0.29) is 18.7 Å². The van der Waals surface area contributed by atoms with Crippen molar-refractivity contribution in [3.63, 3.8) is 0 Å². The normalized spacial score (nSPS) is 10.3. The van der Waals surface area contributed by atoms with Gasteiger partial charge in [0.05, 0.1) is 5.69 Å². The van der Waals surface area contributed by atoms with Crippen molar-refractivity contribution in [1.82, 2.24) is 20.2 Å². The lowest BCUT2D eigenvalue weighted by Gasteiger charge is -2.07. The quantitative estimate of drug-likeness (QED) is 0.825. The van der Waals surface area contributed by atoms with Crippen LogP contribution >= 0.6 is 0 Å². The maximum atomic E-state index is 11.7. The molecule has 0 saturated carbocycles. The lowest BCUT2D eigenvalue weighted by atomic mass is 10.2. The Morgan fingerprint density at radius 3 is 2.81 bits per heavy atom. The van der Waals surface area contributed by atoms with Crippen LogP contribution in [0.2, 0.25) is 0 Å². The van der Waals surface area contributed by atoms with Crippen molar-refractivity contribution >= 4 is 17.6 Å². The van der Waals surface area contributed by atoms with Crippen molar-refractivity contribution in [2.75, 3.05) is 5.32 Å². The van der Waals surface area contributed by atoms with E-state index >= 15 is 0 Å². The van der Waals surface area contributed by atoms with Crippen molar-refractivity contribution < 1.29 is 14.7 Å². The summed E-state index contributed by atoms with van der Waals surface area (Å²) in [6.45, 7) is 1.77. The number of aryl methyl sites for hydroxylation is 1. The molecule has 0 atom stereocenters. The van der Waals surface area contributed by atoms with Gasteiger partial charge in [-0.05, 0) is 42.0 Å². The van der Waals surface area contributed by atoms with E-state index in [1.807, 2.05) is 6.07 Å². The standard InChI is InChI=1S/C13H15N5O3/c1-9-15-16-17-18(9)11-5-2-4-10(8-11)14-12(19)6-3-7-13(20)21/h2,4-5,8H,3,6-7H2,1H3,(H,14,19)(H,20,21). The summed E-state index contributed by atoms with van der Waals surface area (Å²) in [7, 11) is 0. The highest BCUT2D eigenvalue weighted by Crippen LogP contribution is 2.15. The molecular formula is C13H15N5O3. The summed E-state index contributed by atoms with van der Waals surface area (Å²) in [4.78, 5) is 22.1. The van der Waals surface area contributed by atoms with Gasteiger partial charge in [-0.3, -0.25) is 9.59 Å². The highest BCUT2D eigenvalue weighted by molar-refractivity contribution is 5.91. The maximum Gasteiger partial charge on any atom is 0.303 e. The molecule has 2 aromatic rings. The summed E-state index contributed by atoms with van der Waals surface area (Å²) in [6, 6.07) is 7.10. The molecule has 8 heteroatoms. The highest BCUT2D eigenvalue weighted by atomic mass is 16.4. The summed E-state index contributed by atoms with van der Waals surface area (Å²) in [5.41, 5.74) is 1.35. The molecule has 1 aromatic carbocycles. The second kappa shape index (κ2) is 6.60. The van der Waals surface area contributed by atoms with Crippen LogP contribution in [0.1, 0.15) is 25.1 Å². The zero-order chi connectivity index (χ0) is 15.2. The largest absolute Gasteiger partial charge is 0.481 e. The number of aliphatic carboxylic acids is 1. The second-order valence-corrected chi connectivity index (χ2v) is 4.48. The predicted molar refractivity (Wildman–Crippen MR) is 74.0 cm³/mol. The van der Waals surface area contributed by atoms with E-state index in [9.17, 15) is 9.59 Å². The summed E-state index contributed by atoms with van der Waals surface area (Å²) < 4.78 is 1.56. The molecule has 110 valence electrons. The zero-order valence-corrected chi connectivity index (χ0v) is 11.5. The third-order valence-corrected chi connectivity index (χ3v) is 2.79. The number of hydrogen-bond acceptors (Lipinski definition) is 5. The fraction of sp³-hybridized carbons (Fsp3) is 0.308. The van der Waals surface area contributed by atoms with E-state index in [0.717, 1.165) is 5.69 Å². The van der Waals surface area contributed by atoms with Gasteiger partial charge in [0.1, 0.15) is 0 Å². The molecule has 8 nitrogen and oxygen atoms in total. The first-order valence-corrected chi connectivity index (χ1v) is 6.43. The van der Waals surface area contributed by atoms with Gasteiger partial charge in [-0.25, -0.2) is 0 Å². The first-order chi connectivity index (χ1) is 10.1. The van der Waals surface area contributed by atoms with Gasteiger partial charge >= 0.3 is 5.97 Å². The van der Waals surface area contributed by atoms with Crippen LogP contribution in [0.4, 0.5) is 5.69 Å². The van der Waals surface area contributed by atoms with Crippen molar-refractivity contribution in [3.8, 4) is 5.69 Å². The topological polar surface area (TPSA) is 110 Å². The Balaban J connectivity index is 2.00. The van der Waals surface area contributed by atoms with Crippen molar-refractivity contribution in [1.29, 1.82) is 0 Å². The molecule has 2 rings (SSSR count). The van der Waals surface area contributed by atoms with Gasteiger partial charge < -0.3 is 10.4 Å². The Labute approximate surface area is 120 Å². The molecule has 0 fully saturated rings. The minimum absolute atomic E-state index is 0.0166. The number of nitrogens with one attached hydrogen (secondary N) is 1. The maximum absolute atomic E-state index is 11.7. The van der Waals surface area contributed by atoms with Crippen LogP contribution in [0.15, 0.2) is 24.3 Å². The van der Waals surface area contributed by atoms with E-state index in [4.69, 9.17) is 5.11 Å². The molecule has 0 saturated heterocycles. The Morgan fingerprint density at radius 1 is 1.33 bits per heavy atom. The van der Waals surface area contributed by atoms with E-state index in [0.29, 0.717) is 17.9 Å². The number of carbonyl (C=O) groups is 2. The number of aromatic nitrogens is 4. The summed E-state index contributed by atoms with van der Waals surface area (Å²) in [5.74, 6) is -0.485. The molecule has 0 unspecified atom stereocenters. The number of carbonyl (C=O) groups excluding carboxylic acids is 1. The van der Waals surface area contributed by atoms with Gasteiger partial charge in [0.25, 0.3) is 0 Å². The molecule has 0 radical (unpaired) electrons. The molecular weight excluding hydrogens is 274 g/mol.